The summed E-state index contributed by atoms with van der Waals surface area (Å²) in [4.78, 5) is 12.8. The normalized spacial score (nSPS) is 13.6. The first-order valence-corrected chi connectivity index (χ1v) is 5.59. The van der Waals surface area contributed by atoms with E-state index in [4.69, 9.17) is 10.4 Å². The number of aliphatic carboxylic acids is 1. The average Bonchev–Trinajstić information content (AvgIpc) is 2.27. The van der Waals surface area contributed by atoms with Crippen LogP contribution in [-0.2, 0) is 4.79 Å². The van der Waals surface area contributed by atoms with Crippen molar-refractivity contribution in [3.05, 3.63) is 11.6 Å². The van der Waals surface area contributed by atoms with Gasteiger partial charge in [-0.05, 0) is 19.9 Å². The molecule has 16 heavy (non-hydrogen) atoms. The van der Waals surface area contributed by atoms with Crippen LogP contribution in [-0.4, -0.2) is 35.6 Å². The third kappa shape index (κ3) is 5.52. The van der Waals surface area contributed by atoms with Gasteiger partial charge < -0.3 is 5.11 Å². The maximum atomic E-state index is 10.8. The molecule has 0 aliphatic heterocycles. The summed E-state index contributed by atoms with van der Waals surface area (Å²) in [5.74, 6) is -0.880. The van der Waals surface area contributed by atoms with Crippen LogP contribution in [0.15, 0.2) is 11.6 Å². The Morgan fingerprint density at radius 3 is 2.56 bits per heavy atom. The van der Waals surface area contributed by atoms with E-state index >= 15 is 0 Å². The molecular formula is C12H20N2O2. The predicted octanol–water partition coefficient (Wildman–Crippen LogP) is 1.89. The van der Waals surface area contributed by atoms with Gasteiger partial charge in [-0.1, -0.05) is 19.9 Å². The van der Waals surface area contributed by atoms with Crippen LogP contribution in [0.25, 0.3) is 0 Å². The molecule has 0 amide bonds. The Hall–Kier alpha value is -1.34. The summed E-state index contributed by atoms with van der Waals surface area (Å²) >= 11 is 0. The summed E-state index contributed by atoms with van der Waals surface area (Å²) in [6, 6.07) is 2.18. The lowest BCUT2D eigenvalue weighted by atomic mass is 10.1. The van der Waals surface area contributed by atoms with Gasteiger partial charge in [-0.2, -0.15) is 5.26 Å². The molecule has 0 aromatic heterocycles. The first kappa shape index (κ1) is 14.7. The van der Waals surface area contributed by atoms with Crippen molar-refractivity contribution in [3.63, 3.8) is 0 Å². The Balaban J connectivity index is 4.33. The van der Waals surface area contributed by atoms with Crippen molar-refractivity contribution in [2.45, 2.75) is 27.2 Å². The highest BCUT2D eigenvalue weighted by Crippen LogP contribution is 2.03. The zero-order chi connectivity index (χ0) is 12.6. The summed E-state index contributed by atoms with van der Waals surface area (Å²) < 4.78 is 0. The number of hydrogen-bond donors (Lipinski definition) is 1. The molecule has 0 bridgehead atoms. The van der Waals surface area contributed by atoms with Crippen LogP contribution in [0.1, 0.15) is 27.2 Å². The molecule has 1 unspecified atom stereocenters. The summed E-state index contributed by atoms with van der Waals surface area (Å²) in [5.41, 5.74) is 0.433. The lowest BCUT2D eigenvalue weighted by Gasteiger charge is -2.19. The van der Waals surface area contributed by atoms with Gasteiger partial charge in [0, 0.05) is 18.7 Å². The van der Waals surface area contributed by atoms with Crippen molar-refractivity contribution >= 4 is 5.97 Å². The van der Waals surface area contributed by atoms with E-state index in [-0.39, 0.29) is 5.92 Å². The number of hydrogen-bond acceptors (Lipinski definition) is 3. The van der Waals surface area contributed by atoms with E-state index in [0.29, 0.717) is 25.1 Å². The zero-order valence-electron chi connectivity index (χ0n) is 10.2. The molecule has 0 radical (unpaired) electrons. The number of rotatable bonds is 7. The van der Waals surface area contributed by atoms with E-state index in [1.165, 1.54) is 0 Å². The van der Waals surface area contributed by atoms with Crippen LogP contribution in [0.5, 0.6) is 0 Å². The van der Waals surface area contributed by atoms with Crippen molar-refractivity contribution in [3.8, 4) is 6.07 Å². The van der Waals surface area contributed by atoms with Gasteiger partial charge in [0.1, 0.15) is 0 Å². The Morgan fingerprint density at radius 1 is 1.56 bits per heavy atom. The molecule has 90 valence electrons. The van der Waals surface area contributed by atoms with Gasteiger partial charge in [0.2, 0.25) is 0 Å². The Labute approximate surface area is 97.2 Å². The van der Waals surface area contributed by atoms with Gasteiger partial charge in [0.15, 0.2) is 0 Å². The van der Waals surface area contributed by atoms with Crippen LogP contribution in [0.4, 0.5) is 0 Å². The molecule has 1 N–H and O–H groups in total. The van der Waals surface area contributed by atoms with E-state index in [2.05, 4.69) is 11.0 Å². The van der Waals surface area contributed by atoms with Crippen LogP contribution in [0.2, 0.25) is 0 Å². The standard InChI is InChI=1S/C12H20N2O2/c1-4-11(12(15)16)6-7-14(5-2)9-10(3)8-13/h6,10H,4-5,7,9H2,1-3H3,(H,15,16). The highest BCUT2D eigenvalue weighted by Gasteiger charge is 2.08. The van der Waals surface area contributed by atoms with Gasteiger partial charge in [0.25, 0.3) is 0 Å². The Bertz CT molecular complexity index is 292. The second-order valence-corrected chi connectivity index (χ2v) is 3.77. The van der Waals surface area contributed by atoms with Gasteiger partial charge in [-0.3, -0.25) is 4.90 Å². The summed E-state index contributed by atoms with van der Waals surface area (Å²) in [5, 5.41) is 17.6. The molecule has 4 heteroatoms. The third-order valence-corrected chi connectivity index (χ3v) is 2.45. The number of carbonyl (C=O) groups is 1. The lowest BCUT2D eigenvalue weighted by molar-refractivity contribution is -0.132. The van der Waals surface area contributed by atoms with Crippen LogP contribution >= 0.6 is 0 Å². The third-order valence-electron chi connectivity index (χ3n) is 2.45. The minimum atomic E-state index is -0.855. The molecule has 0 aromatic rings. The minimum absolute atomic E-state index is 0.0248. The summed E-state index contributed by atoms with van der Waals surface area (Å²) in [6.07, 6.45) is 2.26. The van der Waals surface area contributed by atoms with E-state index in [9.17, 15) is 4.79 Å². The molecule has 0 saturated heterocycles. The first-order valence-electron chi connectivity index (χ1n) is 5.59. The van der Waals surface area contributed by atoms with Gasteiger partial charge >= 0.3 is 5.97 Å². The fourth-order valence-electron chi connectivity index (χ4n) is 1.38. The first-order chi connectivity index (χ1) is 7.54. The monoisotopic (exact) mass is 224 g/mol. The second-order valence-electron chi connectivity index (χ2n) is 3.77. The van der Waals surface area contributed by atoms with Crippen LogP contribution < -0.4 is 0 Å². The molecule has 0 rings (SSSR count). The second kappa shape index (κ2) is 7.89. The van der Waals surface area contributed by atoms with Crippen LogP contribution in [0.3, 0.4) is 0 Å². The molecule has 0 aromatic carbocycles. The number of carboxylic acid groups (broad SMARTS) is 1. The largest absolute Gasteiger partial charge is 0.478 e. The smallest absolute Gasteiger partial charge is 0.331 e. The quantitative estimate of drug-likeness (QED) is 0.671. The molecule has 0 heterocycles. The molecule has 0 spiro atoms. The molecular weight excluding hydrogens is 204 g/mol. The lowest BCUT2D eigenvalue weighted by Crippen LogP contribution is -2.28. The molecule has 0 aliphatic carbocycles. The van der Waals surface area contributed by atoms with Crippen LogP contribution in [0, 0.1) is 17.2 Å². The predicted molar refractivity (Wildman–Crippen MR) is 62.9 cm³/mol. The highest BCUT2D eigenvalue weighted by molar-refractivity contribution is 5.86. The van der Waals surface area contributed by atoms with E-state index in [1.54, 1.807) is 6.08 Å². The minimum Gasteiger partial charge on any atom is -0.478 e. The fraction of sp³-hybridized carbons (Fsp3) is 0.667. The maximum Gasteiger partial charge on any atom is 0.331 e. The SMILES string of the molecule is CCC(=CCN(CC)CC(C)C#N)C(=O)O. The molecule has 4 nitrogen and oxygen atoms in total. The average molecular weight is 224 g/mol. The van der Waals surface area contributed by atoms with Gasteiger partial charge in [-0.15, -0.1) is 0 Å². The van der Waals surface area contributed by atoms with Crippen molar-refractivity contribution in [2.75, 3.05) is 19.6 Å². The fourth-order valence-corrected chi connectivity index (χ4v) is 1.38. The van der Waals surface area contributed by atoms with Gasteiger partial charge in [-0.25, -0.2) is 4.79 Å². The summed E-state index contributed by atoms with van der Waals surface area (Å²) in [7, 11) is 0. The van der Waals surface area contributed by atoms with E-state index < -0.39 is 5.97 Å². The number of nitriles is 1. The van der Waals surface area contributed by atoms with Crippen molar-refractivity contribution in [1.82, 2.24) is 4.90 Å². The van der Waals surface area contributed by atoms with E-state index in [1.807, 2.05) is 20.8 Å². The van der Waals surface area contributed by atoms with Gasteiger partial charge in [0.05, 0.1) is 12.0 Å². The number of carboxylic acids is 1. The molecule has 1 atom stereocenters. The molecule has 0 fully saturated rings. The number of likely N-dealkylation sites (N-methyl/N-ethyl adjacent to an activating group) is 1. The van der Waals surface area contributed by atoms with E-state index in [0.717, 1.165) is 6.54 Å². The molecule has 0 aliphatic rings. The van der Waals surface area contributed by atoms with Crippen molar-refractivity contribution in [2.24, 2.45) is 5.92 Å². The Morgan fingerprint density at radius 2 is 2.19 bits per heavy atom. The number of nitrogens with zero attached hydrogens (tertiary/aromatic N) is 2. The zero-order valence-corrected chi connectivity index (χ0v) is 10.2. The molecule has 0 saturated carbocycles. The van der Waals surface area contributed by atoms with Crippen molar-refractivity contribution < 1.29 is 9.90 Å². The maximum absolute atomic E-state index is 10.8. The van der Waals surface area contributed by atoms with Crippen molar-refractivity contribution in [1.29, 1.82) is 5.26 Å². The topological polar surface area (TPSA) is 64.3 Å². The Kier molecular flexibility index (Phi) is 7.23. The highest BCUT2D eigenvalue weighted by atomic mass is 16.4. The summed E-state index contributed by atoms with van der Waals surface area (Å²) in [6.45, 7) is 7.79.